The molecule has 0 aliphatic carbocycles. The van der Waals surface area contributed by atoms with E-state index in [9.17, 15) is 0 Å². The molecular weight excluding hydrogens is 342 g/mol. The molecule has 6 N–H and O–H groups in total. The molecule has 0 amide bonds. The molecular formula is C20H47N5O2. The Kier molecular flexibility index (Phi) is 17.6. The molecule has 1 heterocycles. The van der Waals surface area contributed by atoms with Crippen molar-refractivity contribution in [2.75, 3.05) is 78.7 Å². The van der Waals surface area contributed by atoms with Crippen LogP contribution >= 0.6 is 0 Å². The molecule has 1 rings (SSSR count). The fourth-order valence-electron chi connectivity index (χ4n) is 2.77. The lowest BCUT2D eigenvalue weighted by Gasteiger charge is -2.27. The van der Waals surface area contributed by atoms with E-state index in [0.717, 1.165) is 64.7 Å². The molecule has 0 bridgehead atoms. The molecule has 7 nitrogen and oxygen atoms in total. The average molecular weight is 390 g/mol. The first-order valence-electron chi connectivity index (χ1n) is 10.7. The Morgan fingerprint density at radius 1 is 0.926 bits per heavy atom. The fourth-order valence-corrected chi connectivity index (χ4v) is 2.77. The molecule has 0 aromatic carbocycles. The van der Waals surface area contributed by atoms with Crippen molar-refractivity contribution in [1.29, 1.82) is 0 Å². The van der Waals surface area contributed by atoms with Crippen LogP contribution in [0.3, 0.4) is 0 Å². The predicted molar refractivity (Wildman–Crippen MR) is 115 cm³/mol. The second kappa shape index (κ2) is 17.8. The summed E-state index contributed by atoms with van der Waals surface area (Å²) in [5, 5.41) is 30.4. The smallest absolute Gasteiger partial charge is 0.0555 e. The van der Waals surface area contributed by atoms with E-state index >= 15 is 0 Å². The lowest BCUT2D eigenvalue weighted by molar-refractivity contribution is 0.235. The largest absolute Gasteiger partial charge is 0.395 e. The maximum atomic E-state index is 8.62. The van der Waals surface area contributed by atoms with Crippen LogP contribution in [-0.4, -0.2) is 99.3 Å². The van der Waals surface area contributed by atoms with Gasteiger partial charge in [0.2, 0.25) is 0 Å². The molecule has 1 saturated heterocycles. The molecule has 0 radical (unpaired) electrons. The minimum absolute atomic E-state index is 0.192. The highest BCUT2D eigenvalue weighted by molar-refractivity contribution is 4.78. The molecule has 1 aliphatic rings. The number of hydrogen-bond donors (Lipinski definition) is 6. The Balaban J connectivity index is 0.000000511. The first kappa shape index (κ1) is 26.7. The predicted octanol–water partition coefficient (Wildman–Crippen LogP) is -0.154. The minimum Gasteiger partial charge on any atom is -0.395 e. The number of piperazine rings is 1. The van der Waals surface area contributed by atoms with Crippen LogP contribution < -0.4 is 21.3 Å². The van der Waals surface area contributed by atoms with Crippen molar-refractivity contribution in [3.05, 3.63) is 0 Å². The minimum atomic E-state index is 0.192. The van der Waals surface area contributed by atoms with Crippen molar-refractivity contribution < 1.29 is 10.2 Å². The van der Waals surface area contributed by atoms with E-state index in [1.807, 2.05) is 0 Å². The highest BCUT2D eigenvalue weighted by Gasteiger charge is 2.15. The van der Waals surface area contributed by atoms with E-state index in [4.69, 9.17) is 10.2 Å². The highest BCUT2D eigenvalue weighted by Crippen LogP contribution is 2.08. The van der Waals surface area contributed by atoms with Gasteiger partial charge >= 0.3 is 0 Å². The SMILES string of the molecule is CC(C)CCNC(C)(C)CCNCCO.OCCNCCN1CCNCC1. The number of aliphatic hydroxyl groups is 2. The van der Waals surface area contributed by atoms with Gasteiger partial charge in [-0.25, -0.2) is 0 Å². The summed E-state index contributed by atoms with van der Waals surface area (Å²) in [6, 6.07) is 0. The second-order valence-electron chi connectivity index (χ2n) is 8.28. The molecule has 27 heavy (non-hydrogen) atoms. The van der Waals surface area contributed by atoms with Crippen molar-refractivity contribution >= 4 is 0 Å². The van der Waals surface area contributed by atoms with Gasteiger partial charge in [-0.15, -0.1) is 0 Å². The van der Waals surface area contributed by atoms with E-state index in [2.05, 4.69) is 53.9 Å². The second-order valence-corrected chi connectivity index (χ2v) is 8.28. The summed E-state index contributed by atoms with van der Waals surface area (Å²) in [5.41, 5.74) is 0.192. The topological polar surface area (TPSA) is 91.8 Å². The quantitative estimate of drug-likeness (QED) is 0.230. The van der Waals surface area contributed by atoms with Crippen LogP contribution in [0.25, 0.3) is 0 Å². The molecule has 164 valence electrons. The molecule has 1 aliphatic heterocycles. The summed E-state index contributed by atoms with van der Waals surface area (Å²) in [5.74, 6) is 0.765. The zero-order chi connectivity index (χ0) is 20.4. The lowest BCUT2D eigenvalue weighted by atomic mass is 10.00. The highest BCUT2D eigenvalue weighted by atomic mass is 16.3. The number of rotatable bonds is 14. The van der Waals surface area contributed by atoms with Gasteiger partial charge in [0.05, 0.1) is 13.2 Å². The summed E-state index contributed by atoms with van der Waals surface area (Å²) in [7, 11) is 0. The monoisotopic (exact) mass is 389 g/mol. The Bertz CT molecular complexity index is 311. The number of nitrogens with zero attached hydrogens (tertiary/aromatic N) is 1. The summed E-state index contributed by atoms with van der Waals surface area (Å²) in [6.07, 6.45) is 2.32. The van der Waals surface area contributed by atoms with Gasteiger partial charge in [-0.3, -0.25) is 4.90 Å². The van der Waals surface area contributed by atoms with Gasteiger partial charge in [-0.1, -0.05) is 13.8 Å². The van der Waals surface area contributed by atoms with E-state index in [0.29, 0.717) is 13.1 Å². The summed E-state index contributed by atoms with van der Waals surface area (Å²) in [4.78, 5) is 2.43. The van der Waals surface area contributed by atoms with E-state index in [1.54, 1.807) is 0 Å². The lowest BCUT2D eigenvalue weighted by Crippen LogP contribution is -2.45. The fraction of sp³-hybridized carbons (Fsp3) is 1.00. The van der Waals surface area contributed by atoms with Gasteiger partial charge < -0.3 is 31.5 Å². The Labute approximate surface area is 167 Å². The first-order valence-corrected chi connectivity index (χ1v) is 10.7. The van der Waals surface area contributed by atoms with Crippen LogP contribution in [-0.2, 0) is 0 Å². The van der Waals surface area contributed by atoms with Crippen LogP contribution in [0.5, 0.6) is 0 Å². The van der Waals surface area contributed by atoms with Gasteiger partial charge in [0.15, 0.2) is 0 Å². The molecule has 0 unspecified atom stereocenters. The van der Waals surface area contributed by atoms with Gasteiger partial charge in [-0.2, -0.15) is 0 Å². The Morgan fingerprint density at radius 2 is 1.52 bits per heavy atom. The maximum absolute atomic E-state index is 8.62. The van der Waals surface area contributed by atoms with Crippen molar-refractivity contribution in [1.82, 2.24) is 26.2 Å². The molecule has 0 spiro atoms. The third-order valence-electron chi connectivity index (χ3n) is 4.64. The molecule has 0 aromatic rings. The standard InChI is InChI=1S/C12H28N2O.C8H19N3O/c1-11(2)5-7-14-12(3,4)6-8-13-9-10-15;12-8-4-10-3-7-11-5-1-9-2-6-11/h11,13-15H,5-10H2,1-4H3;9-10,12H,1-8H2. The number of nitrogens with one attached hydrogen (secondary N) is 4. The Hall–Kier alpha value is -0.280. The first-order chi connectivity index (χ1) is 12.9. The number of aliphatic hydroxyl groups excluding tert-OH is 2. The molecule has 0 atom stereocenters. The zero-order valence-corrected chi connectivity index (χ0v) is 18.3. The summed E-state index contributed by atoms with van der Waals surface area (Å²) in [6.45, 7) is 19.5. The van der Waals surface area contributed by atoms with Crippen molar-refractivity contribution in [2.24, 2.45) is 5.92 Å². The van der Waals surface area contributed by atoms with Crippen molar-refractivity contribution in [3.63, 3.8) is 0 Å². The van der Waals surface area contributed by atoms with Crippen molar-refractivity contribution in [3.8, 4) is 0 Å². The van der Waals surface area contributed by atoms with E-state index in [1.165, 1.54) is 6.42 Å². The third kappa shape index (κ3) is 18.8. The molecule has 1 fully saturated rings. The third-order valence-corrected chi connectivity index (χ3v) is 4.64. The van der Waals surface area contributed by atoms with Crippen LogP contribution in [0.15, 0.2) is 0 Å². The molecule has 7 heteroatoms. The van der Waals surface area contributed by atoms with Gasteiger partial charge in [-0.05, 0) is 45.7 Å². The van der Waals surface area contributed by atoms with E-state index < -0.39 is 0 Å². The van der Waals surface area contributed by atoms with Crippen LogP contribution in [0.4, 0.5) is 0 Å². The Morgan fingerprint density at radius 3 is 2.07 bits per heavy atom. The average Bonchev–Trinajstić information content (AvgIpc) is 2.63. The normalized spacial score (nSPS) is 15.7. The van der Waals surface area contributed by atoms with Crippen LogP contribution in [0.1, 0.15) is 40.5 Å². The number of hydrogen-bond acceptors (Lipinski definition) is 7. The summed E-state index contributed by atoms with van der Waals surface area (Å²) < 4.78 is 0. The van der Waals surface area contributed by atoms with Crippen LogP contribution in [0.2, 0.25) is 0 Å². The van der Waals surface area contributed by atoms with Crippen molar-refractivity contribution in [2.45, 2.75) is 46.1 Å². The van der Waals surface area contributed by atoms with Gasteiger partial charge in [0.25, 0.3) is 0 Å². The van der Waals surface area contributed by atoms with E-state index in [-0.39, 0.29) is 18.8 Å². The maximum Gasteiger partial charge on any atom is 0.0555 e. The van der Waals surface area contributed by atoms with Gasteiger partial charge in [0.1, 0.15) is 0 Å². The van der Waals surface area contributed by atoms with Crippen LogP contribution in [0, 0.1) is 5.92 Å². The van der Waals surface area contributed by atoms with Gasteiger partial charge in [0, 0.05) is 57.9 Å². The molecule has 0 saturated carbocycles. The summed E-state index contributed by atoms with van der Waals surface area (Å²) >= 11 is 0. The zero-order valence-electron chi connectivity index (χ0n) is 18.3. The molecule has 0 aromatic heterocycles.